The van der Waals surface area contributed by atoms with Gasteiger partial charge in [-0.1, -0.05) is 23.7 Å². The van der Waals surface area contributed by atoms with E-state index in [9.17, 15) is 9.59 Å². The van der Waals surface area contributed by atoms with E-state index in [0.717, 1.165) is 0 Å². The highest BCUT2D eigenvalue weighted by atomic mass is 35.5. The zero-order valence-corrected chi connectivity index (χ0v) is 14.0. The predicted molar refractivity (Wildman–Crippen MR) is 98.1 cm³/mol. The lowest BCUT2D eigenvalue weighted by Gasteiger charge is -2.12. The van der Waals surface area contributed by atoms with Crippen molar-refractivity contribution in [2.75, 3.05) is 10.6 Å². The van der Waals surface area contributed by atoms with Gasteiger partial charge in [0.15, 0.2) is 0 Å². The normalized spacial score (nSPS) is 10.2. The molecule has 1 aromatic heterocycles. The van der Waals surface area contributed by atoms with Crippen molar-refractivity contribution in [1.82, 2.24) is 0 Å². The molecule has 1 heterocycles. The molecule has 0 aliphatic carbocycles. The van der Waals surface area contributed by atoms with Crippen LogP contribution in [0.5, 0.6) is 0 Å². The molecule has 0 aliphatic heterocycles. The van der Waals surface area contributed by atoms with Gasteiger partial charge in [-0.3, -0.25) is 9.59 Å². The first kappa shape index (κ1) is 16.2. The Bertz CT molecular complexity index is 861. The second kappa shape index (κ2) is 7.29. The monoisotopic (exact) mass is 356 g/mol. The van der Waals surface area contributed by atoms with E-state index in [0.29, 0.717) is 27.5 Å². The van der Waals surface area contributed by atoms with Gasteiger partial charge in [0.1, 0.15) is 0 Å². The summed E-state index contributed by atoms with van der Waals surface area (Å²) in [6.45, 7) is 0. The number of amides is 2. The third-order valence-corrected chi connectivity index (χ3v) is 4.25. The number of halogens is 1. The van der Waals surface area contributed by atoms with Crippen LogP contribution in [0.1, 0.15) is 20.7 Å². The van der Waals surface area contributed by atoms with Crippen LogP contribution in [-0.2, 0) is 0 Å². The van der Waals surface area contributed by atoms with Crippen molar-refractivity contribution in [1.29, 1.82) is 0 Å². The Balaban J connectivity index is 1.77. The van der Waals surface area contributed by atoms with Gasteiger partial charge in [0.05, 0.1) is 16.9 Å². The second-order valence-corrected chi connectivity index (χ2v) is 6.19. The van der Waals surface area contributed by atoms with Gasteiger partial charge in [-0.2, -0.15) is 11.3 Å². The van der Waals surface area contributed by atoms with Crippen molar-refractivity contribution >= 4 is 46.1 Å². The largest absolute Gasteiger partial charge is 0.320 e. The molecule has 0 unspecified atom stereocenters. The predicted octanol–water partition coefficient (Wildman–Crippen LogP) is 4.91. The van der Waals surface area contributed by atoms with Crippen LogP contribution >= 0.6 is 22.9 Å². The molecule has 120 valence electrons. The summed E-state index contributed by atoms with van der Waals surface area (Å²) in [5.41, 5.74) is 2.13. The highest BCUT2D eigenvalue weighted by Crippen LogP contribution is 2.23. The maximum Gasteiger partial charge on any atom is 0.256 e. The molecule has 0 bridgehead atoms. The van der Waals surface area contributed by atoms with Crippen LogP contribution in [0, 0.1) is 0 Å². The molecule has 24 heavy (non-hydrogen) atoms. The summed E-state index contributed by atoms with van der Waals surface area (Å²) in [7, 11) is 0. The second-order valence-electron chi connectivity index (χ2n) is 4.97. The average Bonchev–Trinajstić information content (AvgIpc) is 3.12. The van der Waals surface area contributed by atoms with E-state index in [1.807, 2.05) is 5.38 Å². The van der Waals surface area contributed by atoms with Crippen LogP contribution < -0.4 is 10.6 Å². The fourth-order valence-electron chi connectivity index (χ4n) is 2.09. The first-order chi connectivity index (χ1) is 11.6. The van der Waals surface area contributed by atoms with Crippen molar-refractivity contribution in [3.8, 4) is 0 Å². The van der Waals surface area contributed by atoms with Crippen LogP contribution in [0.4, 0.5) is 11.4 Å². The number of para-hydroxylation sites is 2. The molecule has 4 nitrogen and oxygen atoms in total. The van der Waals surface area contributed by atoms with E-state index in [1.54, 1.807) is 60.0 Å². The van der Waals surface area contributed by atoms with Crippen molar-refractivity contribution < 1.29 is 9.59 Å². The van der Waals surface area contributed by atoms with Gasteiger partial charge >= 0.3 is 0 Å². The maximum absolute atomic E-state index is 12.3. The molecule has 2 N–H and O–H groups in total. The van der Waals surface area contributed by atoms with Gasteiger partial charge in [0, 0.05) is 16.0 Å². The molecule has 2 aromatic carbocycles. The van der Waals surface area contributed by atoms with E-state index in [1.165, 1.54) is 11.3 Å². The minimum Gasteiger partial charge on any atom is -0.320 e. The summed E-state index contributed by atoms with van der Waals surface area (Å²) in [6, 6.07) is 15.4. The number of hydrogen-bond acceptors (Lipinski definition) is 3. The van der Waals surface area contributed by atoms with Gasteiger partial charge < -0.3 is 10.6 Å². The fraction of sp³-hybridized carbons (Fsp3) is 0. The minimum atomic E-state index is -0.274. The summed E-state index contributed by atoms with van der Waals surface area (Å²) < 4.78 is 0. The highest BCUT2D eigenvalue weighted by molar-refractivity contribution is 7.08. The van der Waals surface area contributed by atoms with Crippen molar-refractivity contribution in [3.05, 3.63) is 81.5 Å². The smallest absolute Gasteiger partial charge is 0.256 e. The van der Waals surface area contributed by atoms with E-state index in [4.69, 9.17) is 11.6 Å². The van der Waals surface area contributed by atoms with E-state index >= 15 is 0 Å². The Kier molecular flexibility index (Phi) is 4.93. The maximum atomic E-state index is 12.3. The van der Waals surface area contributed by atoms with E-state index in [-0.39, 0.29) is 11.8 Å². The number of rotatable bonds is 4. The van der Waals surface area contributed by atoms with Gasteiger partial charge in [0.25, 0.3) is 11.8 Å². The van der Waals surface area contributed by atoms with Gasteiger partial charge in [-0.15, -0.1) is 0 Å². The third kappa shape index (κ3) is 3.82. The molecular formula is C18H13ClN2O2S. The first-order valence-corrected chi connectivity index (χ1v) is 8.45. The van der Waals surface area contributed by atoms with E-state index in [2.05, 4.69) is 10.6 Å². The first-order valence-electron chi connectivity index (χ1n) is 7.13. The molecule has 0 saturated heterocycles. The molecule has 0 spiro atoms. The molecule has 6 heteroatoms. The molecule has 3 aromatic rings. The third-order valence-electron chi connectivity index (χ3n) is 3.31. The van der Waals surface area contributed by atoms with Crippen LogP contribution in [0.15, 0.2) is 65.4 Å². The lowest BCUT2D eigenvalue weighted by molar-refractivity contribution is 0.101. The molecule has 0 atom stereocenters. The number of benzene rings is 2. The van der Waals surface area contributed by atoms with Crippen molar-refractivity contribution in [2.24, 2.45) is 0 Å². The zero-order valence-electron chi connectivity index (χ0n) is 12.5. The number of thiophene rings is 1. The molecule has 0 fully saturated rings. The fourth-order valence-corrected chi connectivity index (χ4v) is 2.85. The Morgan fingerprint density at radius 2 is 1.38 bits per heavy atom. The zero-order chi connectivity index (χ0) is 16.9. The number of carbonyl (C=O) groups excluding carboxylic acids is 2. The minimum absolute atomic E-state index is 0.218. The number of nitrogens with one attached hydrogen (secondary N) is 2. The quantitative estimate of drug-likeness (QED) is 0.698. The Labute approximate surface area is 148 Å². The summed E-state index contributed by atoms with van der Waals surface area (Å²) in [5.74, 6) is -0.492. The highest BCUT2D eigenvalue weighted by Gasteiger charge is 2.12. The van der Waals surface area contributed by atoms with E-state index < -0.39 is 0 Å². The molecule has 3 rings (SSSR count). The Morgan fingerprint density at radius 1 is 0.792 bits per heavy atom. The molecule has 0 saturated carbocycles. The lowest BCUT2D eigenvalue weighted by Crippen LogP contribution is -2.16. The molecular weight excluding hydrogens is 344 g/mol. The van der Waals surface area contributed by atoms with Crippen LogP contribution in [0.2, 0.25) is 5.02 Å². The number of hydrogen-bond donors (Lipinski definition) is 2. The van der Waals surface area contributed by atoms with Crippen LogP contribution in [0.25, 0.3) is 0 Å². The number of anilines is 2. The molecule has 0 radical (unpaired) electrons. The lowest BCUT2D eigenvalue weighted by atomic mass is 10.2. The van der Waals surface area contributed by atoms with Crippen molar-refractivity contribution in [3.63, 3.8) is 0 Å². The van der Waals surface area contributed by atoms with Crippen LogP contribution in [-0.4, -0.2) is 11.8 Å². The summed E-state index contributed by atoms with van der Waals surface area (Å²) >= 11 is 7.28. The summed E-state index contributed by atoms with van der Waals surface area (Å²) in [4.78, 5) is 24.5. The summed E-state index contributed by atoms with van der Waals surface area (Å²) in [5, 5.41) is 9.78. The summed E-state index contributed by atoms with van der Waals surface area (Å²) in [6.07, 6.45) is 0. The van der Waals surface area contributed by atoms with Crippen molar-refractivity contribution in [2.45, 2.75) is 0 Å². The Morgan fingerprint density at radius 3 is 1.92 bits per heavy atom. The van der Waals surface area contributed by atoms with Gasteiger partial charge in [-0.05, 0) is 47.8 Å². The standard InChI is InChI=1S/C18H13ClN2O2S/c19-14-7-5-12(6-8-14)17(22)20-15-3-1-2-4-16(15)21-18(23)13-9-10-24-11-13/h1-11H,(H,20,22)(H,21,23). The molecule has 0 aliphatic rings. The number of carbonyl (C=O) groups is 2. The topological polar surface area (TPSA) is 58.2 Å². The molecule has 2 amide bonds. The SMILES string of the molecule is O=C(Nc1ccccc1NC(=O)c1ccsc1)c1ccc(Cl)cc1. The average molecular weight is 357 g/mol. The van der Waals surface area contributed by atoms with Gasteiger partial charge in [-0.25, -0.2) is 0 Å². The van der Waals surface area contributed by atoms with Gasteiger partial charge in [0.2, 0.25) is 0 Å². The Hall–Kier alpha value is -2.63. The van der Waals surface area contributed by atoms with Crippen LogP contribution in [0.3, 0.4) is 0 Å².